The van der Waals surface area contributed by atoms with Gasteiger partial charge in [0.2, 0.25) is 0 Å². The standard InChI is InChI=1S/C10H21NO2/c1-3-4-10(2,12)7-9-8-13-6-5-11-9/h9,11-12H,3-8H2,1-2H3. The number of aliphatic hydroxyl groups is 1. The van der Waals surface area contributed by atoms with Crippen LogP contribution in [0.5, 0.6) is 0 Å². The first kappa shape index (κ1) is 11.0. The lowest BCUT2D eigenvalue weighted by molar-refractivity contribution is 0.000598. The van der Waals surface area contributed by atoms with Gasteiger partial charge < -0.3 is 15.2 Å². The SMILES string of the molecule is CCCC(C)(O)CC1COCCN1. The minimum atomic E-state index is -0.535. The van der Waals surface area contributed by atoms with E-state index >= 15 is 0 Å². The quantitative estimate of drug-likeness (QED) is 0.687. The Bertz CT molecular complexity index is 142. The molecule has 3 nitrogen and oxygen atoms in total. The molecule has 2 N–H and O–H groups in total. The third-order valence-corrected chi connectivity index (χ3v) is 2.47. The van der Waals surface area contributed by atoms with Gasteiger partial charge in [-0.1, -0.05) is 13.3 Å². The van der Waals surface area contributed by atoms with Crippen LogP contribution >= 0.6 is 0 Å². The Labute approximate surface area is 80.5 Å². The fraction of sp³-hybridized carbons (Fsp3) is 1.00. The predicted octanol–water partition coefficient (Wildman–Crippen LogP) is 0.916. The van der Waals surface area contributed by atoms with Crippen LogP contribution in [0.4, 0.5) is 0 Å². The largest absolute Gasteiger partial charge is 0.390 e. The Morgan fingerprint density at radius 2 is 2.38 bits per heavy atom. The van der Waals surface area contributed by atoms with Crippen LogP contribution in [0.2, 0.25) is 0 Å². The number of ether oxygens (including phenoxy) is 1. The molecule has 0 saturated carbocycles. The van der Waals surface area contributed by atoms with Gasteiger partial charge >= 0.3 is 0 Å². The molecule has 1 rings (SSSR count). The van der Waals surface area contributed by atoms with Gasteiger partial charge in [0.25, 0.3) is 0 Å². The second-order valence-corrected chi connectivity index (χ2v) is 4.18. The summed E-state index contributed by atoms with van der Waals surface area (Å²) in [7, 11) is 0. The maximum atomic E-state index is 9.97. The topological polar surface area (TPSA) is 41.5 Å². The van der Waals surface area contributed by atoms with Gasteiger partial charge in [-0.2, -0.15) is 0 Å². The van der Waals surface area contributed by atoms with E-state index in [0.717, 1.165) is 39.0 Å². The molecule has 0 bridgehead atoms. The van der Waals surface area contributed by atoms with E-state index in [-0.39, 0.29) is 0 Å². The summed E-state index contributed by atoms with van der Waals surface area (Å²) in [5.74, 6) is 0. The van der Waals surface area contributed by atoms with Crippen molar-refractivity contribution in [3.05, 3.63) is 0 Å². The van der Waals surface area contributed by atoms with Crippen LogP contribution in [0, 0.1) is 0 Å². The van der Waals surface area contributed by atoms with Gasteiger partial charge in [0.15, 0.2) is 0 Å². The van der Waals surface area contributed by atoms with Gasteiger partial charge in [0, 0.05) is 12.6 Å². The molecule has 0 aromatic rings. The fourth-order valence-corrected chi connectivity index (χ4v) is 1.92. The van der Waals surface area contributed by atoms with Crippen molar-refractivity contribution in [1.82, 2.24) is 5.32 Å². The highest BCUT2D eigenvalue weighted by Gasteiger charge is 2.25. The van der Waals surface area contributed by atoms with Crippen LogP contribution in [0.1, 0.15) is 33.1 Å². The van der Waals surface area contributed by atoms with E-state index < -0.39 is 5.60 Å². The average Bonchev–Trinajstić information content (AvgIpc) is 2.04. The first-order valence-corrected chi connectivity index (χ1v) is 5.17. The Morgan fingerprint density at radius 3 is 2.92 bits per heavy atom. The van der Waals surface area contributed by atoms with E-state index in [2.05, 4.69) is 12.2 Å². The maximum Gasteiger partial charge on any atom is 0.0635 e. The van der Waals surface area contributed by atoms with Crippen LogP contribution in [0.15, 0.2) is 0 Å². The predicted molar refractivity (Wildman–Crippen MR) is 52.8 cm³/mol. The molecule has 0 amide bonds. The number of hydrogen-bond acceptors (Lipinski definition) is 3. The van der Waals surface area contributed by atoms with Crippen molar-refractivity contribution in [2.24, 2.45) is 0 Å². The Kier molecular flexibility index (Phi) is 4.16. The molecule has 0 aromatic heterocycles. The summed E-state index contributed by atoms with van der Waals surface area (Å²) in [4.78, 5) is 0. The minimum Gasteiger partial charge on any atom is -0.390 e. The third-order valence-electron chi connectivity index (χ3n) is 2.47. The Morgan fingerprint density at radius 1 is 1.62 bits per heavy atom. The highest BCUT2D eigenvalue weighted by molar-refractivity contribution is 4.81. The van der Waals surface area contributed by atoms with Crippen molar-refractivity contribution in [1.29, 1.82) is 0 Å². The van der Waals surface area contributed by atoms with Crippen LogP contribution in [0.25, 0.3) is 0 Å². The zero-order valence-corrected chi connectivity index (χ0v) is 8.68. The minimum absolute atomic E-state index is 0.329. The maximum absolute atomic E-state index is 9.97. The van der Waals surface area contributed by atoms with Crippen LogP contribution < -0.4 is 5.32 Å². The highest BCUT2D eigenvalue weighted by atomic mass is 16.5. The van der Waals surface area contributed by atoms with Crippen molar-refractivity contribution in [3.63, 3.8) is 0 Å². The van der Waals surface area contributed by atoms with Gasteiger partial charge in [-0.3, -0.25) is 0 Å². The number of hydrogen-bond donors (Lipinski definition) is 2. The Hall–Kier alpha value is -0.120. The molecular weight excluding hydrogens is 166 g/mol. The number of rotatable bonds is 4. The first-order chi connectivity index (χ1) is 6.14. The molecule has 13 heavy (non-hydrogen) atoms. The van der Waals surface area contributed by atoms with E-state index in [1.54, 1.807) is 0 Å². The first-order valence-electron chi connectivity index (χ1n) is 5.17. The zero-order valence-electron chi connectivity index (χ0n) is 8.68. The molecule has 2 atom stereocenters. The fourth-order valence-electron chi connectivity index (χ4n) is 1.92. The molecule has 1 saturated heterocycles. The smallest absolute Gasteiger partial charge is 0.0635 e. The monoisotopic (exact) mass is 187 g/mol. The lowest BCUT2D eigenvalue weighted by Crippen LogP contribution is -2.45. The second kappa shape index (κ2) is 4.94. The van der Waals surface area contributed by atoms with Gasteiger partial charge in [0.1, 0.15) is 0 Å². The molecule has 1 aliphatic heterocycles. The summed E-state index contributed by atoms with van der Waals surface area (Å²) in [5.41, 5.74) is -0.535. The third kappa shape index (κ3) is 4.07. The van der Waals surface area contributed by atoms with Crippen molar-refractivity contribution in [2.75, 3.05) is 19.8 Å². The summed E-state index contributed by atoms with van der Waals surface area (Å²) in [6.45, 7) is 6.45. The molecule has 2 unspecified atom stereocenters. The molecule has 0 radical (unpaired) electrons. The Balaban J connectivity index is 2.28. The summed E-state index contributed by atoms with van der Waals surface area (Å²) in [6, 6.07) is 0.329. The highest BCUT2D eigenvalue weighted by Crippen LogP contribution is 2.19. The number of nitrogens with one attached hydrogen (secondary N) is 1. The molecule has 3 heteroatoms. The van der Waals surface area contributed by atoms with Gasteiger partial charge in [0.05, 0.1) is 18.8 Å². The van der Waals surface area contributed by atoms with Crippen molar-refractivity contribution >= 4 is 0 Å². The average molecular weight is 187 g/mol. The molecular formula is C10H21NO2. The molecule has 78 valence electrons. The summed E-state index contributed by atoms with van der Waals surface area (Å²) in [5, 5.41) is 13.3. The van der Waals surface area contributed by atoms with E-state index in [1.807, 2.05) is 6.92 Å². The van der Waals surface area contributed by atoms with E-state index in [0.29, 0.717) is 6.04 Å². The molecule has 1 fully saturated rings. The number of morpholine rings is 1. The zero-order chi connectivity index (χ0) is 9.73. The lowest BCUT2D eigenvalue weighted by atomic mass is 9.92. The molecule has 1 aliphatic rings. The van der Waals surface area contributed by atoms with E-state index in [9.17, 15) is 5.11 Å². The normalized spacial score (nSPS) is 28.4. The van der Waals surface area contributed by atoms with Crippen molar-refractivity contribution in [3.8, 4) is 0 Å². The van der Waals surface area contributed by atoms with Crippen molar-refractivity contribution < 1.29 is 9.84 Å². The van der Waals surface area contributed by atoms with E-state index in [1.165, 1.54) is 0 Å². The lowest BCUT2D eigenvalue weighted by Gasteiger charge is -2.31. The molecule has 0 aromatic carbocycles. The van der Waals surface area contributed by atoms with Gasteiger partial charge in [-0.25, -0.2) is 0 Å². The summed E-state index contributed by atoms with van der Waals surface area (Å²) < 4.78 is 5.33. The summed E-state index contributed by atoms with van der Waals surface area (Å²) >= 11 is 0. The van der Waals surface area contributed by atoms with E-state index in [4.69, 9.17) is 4.74 Å². The van der Waals surface area contributed by atoms with Gasteiger partial charge in [-0.05, 0) is 19.8 Å². The van der Waals surface area contributed by atoms with Crippen molar-refractivity contribution in [2.45, 2.75) is 44.8 Å². The molecule has 0 spiro atoms. The van der Waals surface area contributed by atoms with Crippen LogP contribution in [-0.4, -0.2) is 36.5 Å². The summed E-state index contributed by atoms with van der Waals surface area (Å²) in [6.07, 6.45) is 2.69. The van der Waals surface area contributed by atoms with Crippen LogP contribution in [0.3, 0.4) is 0 Å². The second-order valence-electron chi connectivity index (χ2n) is 4.18. The van der Waals surface area contributed by atoms with Crippen LogP contribution in [-0.2, 0) is 4.74 Å². The molecule has 1 heterocycles. The molecule has 0 aliphatic carbocycles. The van der Waals surface area contributed by atoms with Gasteiger partial charge in [-0.15, -0.1) is 0 Å².